The maximum atomic E-state index is 12.2. The zero-order valence-electron chi connectivity index (χ0n) is 11.8. The first-order valence-electron chi connectivity index (χ1n) is 7.43. The molecule has 1 heterocycles. The molecule has 2 N–H and O–H groups in total. The lowest BCUT2D eigenvalue weighted by Gasteiger charge is -2.03. The molecule has 0 aromatic carbocycles. The second kappa shape index (κ2) is 5.75. The lowest BCUT2D eigenvalue weighted by molar-refractivity contribution is 0.578. The molecule has 2 saturated carbocycles. The fourth-order valence-electron chi connectivity index (χ4n) is 2.42. The summed E-state index contributed by atoms with van der Waals surface area (Å²) in [4.78, 5) is 1.14. The van der Waals surface area contributed by atoms with Gasteiger partial charge in [-0.25, -0.2) is 13.1 Å². The maximum absolute atomic E-state index is 12.2. The Balaban J connectivity index is 1.54. The van der Waals surface area contributed by atoms with E-state index < -0.39 is 10.0 Å². The predicted octanol–water partition coefficient (Wildman–Crippen LogP) is 2.12. The normalized spacial score (nSPS) is 25.9. The zero-order valence-corrected chi connectivity index (χ0v) is 13.4. The van der Waals surface area contributed by atoms with Crippen molar-refractivity contribution in [1.82, 2.24) is 10.0 Å². The maximum Gasteiger partial charge on any atom is 0.250 e. The van der Waals surface area contributed by atoms with Gasteiger partial charge in [0.15, 0.2) is 0 Å². The first kappa shape index (κ1) is 14.5. The highest BCUT2D eigenvalue weighted by molar-refractivity contribution is 7.91. The van der Waals surface area contributed by atoms with Crippen LogP contribution in [0.2, 0.25) is 0 Å². The first-order valence-corrected chi connectivity index (χ1v) is 9.73. The molecule has 20 heavy (non-hydrogen) atoms. The van der Waals surface area contributed by atoms with Crippen molar-refractivity contribution in [2.24, 2.45) is 5.92 Å². The van der Waals surface area contributed by atoms with E-state index in [1.54, 1.807) is 6.07 Å². The van der Waals surface area contributed by atoms with E-state index in [4.69, 9.17) is 0 Å². The highest BCUT2D eigenvalue weighted by atomic mass is 32.2. The minimum atomic E-state index is -3.30. The second-order valence-corrected chi connectivity index (χ2v) is 8.94. The van der Waals surface area contributed by atoms with Crippen LogP contribution in [0.4, 0.5) is 0 Å². The summed E-state index contributed by atoms with van der Waals surface area (Å²) >= 11 is 1.40. The monoisotopic (exact) mass is 314 g/mol. The summed E-state index contributed by atoms with van der Waals surface area (Å²) in [5.41, 5.74) is 0. The van der Waals surface area contributed by atoms with Crippen molar-refractivity contribution in [3.63, 3.8) is 0 Å². The van der Waals surface area contributed by atoms with Crippen molar-refractivity contribution in [2.75, 3.05) is 6.54 Å². The number of hydrogen-bond acceptors (Lipinski definition) is 4. The number of rotatable bonds is 8. The lowest BCUT2D eigenvalue weighted by atomic mass is 10.3. The summed E-state index contributed by atoms with van der Waals surface area (Å²) in [6, 6.07) is 4.55. The molecular weight excluding hydrogens is 292 g/mol. The standard InChI is InChI=1S/C14H22N2O2S2/c1-2-10-9-13(10)16-20(17,18)14-6-5-12(19-14)7-8-15-11-3-4-11/h5-6,10-11,13,15-16H,2-4,7-9H2,1H3. The average molecular weight is 314 g/mol. The molecule has 0 spiro atoms. The number of sulfonamides is 1. The van der Waals surface area contributed by atoms with Crippen molar-refractivity contribution in [2.45, 2.75) is 55.3 Å². The van der Waals surface area contributed by atoms with E-state index in [0.717, 1.165) is 30.7 Å². The molecule has 0 aliphatic heterocycles. The molecule has 6 heteroatoms. The van der Waals surface area contributed by atoms with E-state index in [2.05, 4.69) is 17.0 Å². The van der Waals surface area contributed by atoms with Crippen LogP contribution < -0.4 is 10.0 Å². The predicted molar refractivity (Wildman–Crippen MR) is 81.6 cm³/mol. The number of hydrogen-bond donors (Lipinski definition) is 2. The topological polar surface area (TPSA) is 58.2 Å². The van der Waals surface area contributed by atoms with Crippen LogP contribution in [-0.2, 0) is 16.4 Å². The van der Waals surface area contributed by atoms with E-state index in [1.165, 1.54) is 24.2 Å². The molecule has 0 radical (unpaired) electrons. The molecule has 2 fully saturated rings. The molecule has 1 aromatic heterocycles. The Labute approximate surface area is 125 Å². The minimum absolute atomic E-state index is 0.159. The third-order valence-corrected chi connectivity index (χ3v) is 7.16. The van der Waals surface area contributed by atoms with Gasteiger partial charge < -0.3 is 5.32 Å². The van der Waals surface area contributed by atoms with Gasteiger partial charge in [-0.05, 0) is 43.7 Å². The third-order valence-electron chi connectivity index (χ3n) is 4.04. The molecule has 3 rings (SSSR count). The fourth-order valence-corrected chi connectivity index (χ4v) is 5.11. The van der Waals surface area contributed by atoms with Gasteiger partial charge in [0.25, 0.3) is 0 Å². The van der Waals surface area contributed by atoms with Gasteiger partial charge in [0, 0.05) is 23.5 Å². The summed E-state index contributed by atoms with van der Waals surface area (Å²) in [6.07, 6.45) is 5.52. The van der Waals surface area contributed by atoms with Crippen molar-refractivity contribution in [1.29, 1.82) is 0 Å². The highest BCUT2D eigenvalue weighted by Gasteiger charge is 2.38. The van der Waals surface area contributed by atoms with Crippen LogP contribution in [0.3, 0.4) is 0 Å². The van der Waals surface area contributed by atoms with Crippen molar-refractivity contribution in [3.8, 4) is 0 Å². The van der Waals surface area contributed by atoms with Gasteiger partial charge >= 0.3 is 0 Å². The molecule has 112 valence electrons. The van der Waals surface area contributed by atoms with E-state index >= 15 is 0 Å². The van der Waals surface area contributed by atoms with Crippen molar-refractivity contribution in [3.05, 3.63) is 17.0 Å². The van der Waals surface area contributed by atoms with E-state index in [0.29, 0.717) is 16.2 Å². The summed E-state index contributed by atoms with van der Waals surface area (Å²) < 4.78 is 27.7. The summed E-state index contributed by atoms with van der Waals surface area (Å²) in [6.45, 7) is 3.05. The van der Waals surface area contributed by atoms with Crippen LogP contribution >= 0.6 is 11.3 Å². The molecule has 1 aromatic rings. The Morgan fingerprint density at radius 3 is 2.80 bits per heavy atom. The Morgan fingerprint density at radius 1 is 1.35 bits per heavy atom. The molecule has 2 aliphatic rings. The van der Waals surface area contributed by atoms with Crippen LogP contribution in [-0.4, -0.2) is 27.0 Å². The SMILES string of the molecule is CCC1CC1NS(=O)(=O)c1ccc(CCNC2CC2)s1. The zero-order chi connectivity index (χ0) is 14.2. The van der Waals surface area contributed by atoms with Gasteiger partial charge in [0.05, 0.1) is 0 Å². The van der Waals surface area contributed by atoms with E-state index in [1.807, 2.05) is 6.07 Å². The first-order chi connectivity index (χ1) is 9.58. The number of nitrogens with one attached hydrogen (secondary N) is 2. The van der Waals surface area contributed by atoms with Crippen LogP contribution in [0.1, 0.15) is 37.5 Å². The minimum Gasteiger partial charge on any atom is -0.314 e. The average Bonchev–Trinajstić information content (AvgIpc) is 3.30. The lowest BCUT2D eigenvalue weighted by Crippen LogP contribution is -2.26. The van der Waals surface area contributed by atoms with Gasteiger partial charge in [-0.1, -0.05) is 13.3 Å². The van der Waals surface area contributed by atoms with Gasteiger partial charge in [0.2, 0.25) is 10.0 Å². The quantitative estimate of drug-likeness (QED) is 0.773. The summed E-state index contributed by atoms with van der Waals surface area (Å²) in [5, 5.41) is 3.45. The van der Waals surface area contributed by atoms with Crippen molar-refractivity contribution < 1.29 is 8.42 Å². The second-order valence-electron chi connectivity index (χ2n) is 5.83. The van der Waals surface area contributed by atoms with E-state index in [-0.39, 0.29) is 6.04 Å². The van der Waals surface area contributed by atoms with Gasteiger partial charge in [-0.2, -0.15) is 0 Å². The Morgan fingerprint density at radius 2 is 2.15 bits per heavy atom. The Bertz CT molecular complexity index is 563. The molecular formula is C14H22N2O2S2. The van der Waals surface area contributed by atoms with Crippen LogP contribution in [0.15, 0.2) is 16.3 Å². The van der Waals surface area contributed by atoms with Gasteiger partial charge in [-0.3, -0.25) is 0 Å². The number of thiophene rings is 1. The molecule has 4 nitrogen and oxygen atoms in total. The summed E-state index contributed by atoms with van der Waals surface area (Å²) in [7, 11) is -3.30. The Hall–Kier alpha value is -0.430. The van der Waals surface area contributed by atoms with E-state index in [9.17, 15) is 8.42 Å². The molecule has 0 saturated heterocycles. The molecule has 2 unspecified atom stereocenters. The fraction of sp³-hybridized carbons (Fsp3) is 0.714. The molecule has 0 bridgehead atoms. The molecule has 0 amide bonds. The van der Waals surface area contributed by atoms with Gasteiger partial charge in [0.1, 0.15) is 4.21 Å². The molecule has 2 atom stereocenters. The smallest absolute Gasteiger partial charge is 0.250 e. The Kier molecular flexibility index (Phi) is 4.17. The molecule has 2 aliphatic carbocycles. The van der Waals surface area contributed by atoms with Gasteiger partial charge in [-0.15, -0.1) is 11.3 Å². The van der Waals surface area contributed by atoms with Crippen LogP contribution in [0.5, 0.6) is 0 Å². The van der Waals surface area contributed by atoms with Crippen molar-refractivity contribution >= 4 is 21.4 Å². The summed E-state index contributed by atoms with van der Waals surface area (Å²) in [5.74, 6) is 0.534. The largest absolute Gasteiger partial charge is 0.314 e. The highest BCUT2D eigenvalue weighted by Crippen LogP contribution is 2.35. The van der Waals surface area contributed by atoms with Crippen LogP contribution in [0.25, 0.3) is 0 Å². The third kappa shape index (κ3) is 3.61. The van der Waals surface area contributed by atoms with Crippen LogP contribution in [0, 0.1) is 5.92 Å².